The largest absolute Gasteiger partial charge is 0.343 e. The molecule has 2 aromatic rings. The third-order valence-corrected chi connectivity index (χ3v) is 5.98. The van der Waals surface area contributed by atoms with Crippen LogP contribution in [0.4, 0.5) is 0 Å². The van der Waals surface area contributed by atoms with Crippen LogP contribution < -0.4 is 0 Å². The first-order valence-electron chi connectivity index (χ1n) is 9.40. The minimum absolute atomic E-state index is 0.178. The van der Waals surface area contributed by atoms with Gasteiger partial charge in [-0.25, -0.2) is 9.97 Å². The highest BCUT2D eigenvalue weighted by atomic mass is 32.2. The Labute approximate surface area is 154 Å². The molecule has 4 nitrogen and oxygen atoms in total. The van der Waals surface area contributed by atoms with Gasteiger partial charge in [-0.3, -0.25) is 4.79 Å². The first kappa shape index (κ1) is 18.2. The van der Waals surface area contributed by atoms with Crippen LogP contribution in [0.5, 0.6) is 0 Å². The SMILES string of the molecule is CCN(CC)C(=O)CSc1nc(C2CCCCC2)nc2ccccc12. The Kier molecular flexibility index (Phi) is 6.29. The van der Waals surface area contributed by atoms with E-state index in [1.165, 1.54) is 32.1 Å². The lowest BCUT2D eigenvalue weighted by atomic mass is 9.88. The number of aromatic nitrogens is 2. The number of hydrogen-bond donors (Lipinski definition) is 0. The highest BCUT2D eigenvalue weighted by molar-refractivity contribution is 8.00. The number of hydrogen-bond acceptors (Lipinski definition) is 4. The summed E-state index contributed by atoms with van der Waals surface area (Å²) in [5, 5.41) is 2.01. The molecule has 1 amide bonds. The monoisotopic (exact) mass is 357 g/mol. The molecule has 1 saturated carbocycles. The number of carbonyl (C=O) groups excluding carboxylic acids is 1. The quantitative estimate of drug-likeness (QED) is 0.558. The molecule has 1 aromatic carbocycles. The molecule has 0 N–H and O–H groups in total. The van der Waals surface area contributed by atoms with Crippen molar-refractivity contribution in [2.75, 3.05) is 18.8 Å². The number of benzene rings is 1. The smallest absolute Gasteiger partial charge is 0.232 e. The molecule has 0 spiro atoms. The Morgan fingerprint density at radius 2 is 1.84 bits per heavy atom. The maximum atomic E-state index is 12.4. The number of rotatable bonds is 6. The zero-order valence-corrected chi connectivity index (χ0v) is 16.0. The summed E-state index contributed by atoms with van der Waals surface area (Å²) >= 11 is 1.55. The third kappa shape index (κ3) is 4.32. The minimum atomic E-state index is 0.178. The van der Waals surface area contributed by atoms with Gasteiger partial charge in [0.2, 0.25) is 5.91 Å². The lowest BCUT2D eigenvalue weighted by Crippen LogP contribution is -2.31. The van der Waals surface area contributed by atoms with Gasteiger partial charge >= 0.3 is 0 Å². The summed E-state index contributed by atoms with van der Waals surface area (Å²) < 4.78 is 0. The molecule has 0 unspecified atom stereocenters. The van der Waals surface area contributed by atoms with E-state index in [4.69, 9.17) is 9.97 Å². The molecule has 5 heteroatoms. The van der Waals surface area contributed by atoms with Gasteiger partial charge in [-0.15, -0.1) is 0 Å². The zero-order chi connectivity index (χ0) is 17.6. The molecular weight excluding hydrogens is 330 g/mol. The van der Waals surface area contributed by atoms with Crippen LogP contribution in [-0.2, 0) is 4.79 Å². The zero-order valence-electron chi connectivity index (χ0n) is 15.2. The van der Waals surface area contributed by atoms with Gasteiger partial charge in [-0.2, -0.15) is 0 Å². The predicted molar refractivity (Wildman–Crippen MR) is 104 cm³/mol. The second kappa shape index (κ2) is 8.65. The lowest BCUT2D eigenvalue weighted by Gasteiger charge is -2.21. The van der Waals surface area contributed by atoms with Crippen LogP contribution in [0.25, 0.3) is 10.9 Å². The van der Waals surface area contributed by atoms with E-state index in [2.05, 4.69) is 12.1 Å². The highest BCUT2D eigenvalue weighted by Crippen LogP contribution is 2.33. The number of para-hydroxylation sites is 1. The number of nitrogens with zero attached hydrogens (tertiary/aromatic N) is 3. The van der Waals surface area contributed by atoms with E-state index < -0.39 is 0 Å². The van der Waals surface area contributed by atoms with E-state index in [9.17, 15) is 4.79 Å². The van der Waals surface area contributed by atoms with Crippen LogP contribution in [0.3, 0.4) is 0 Å². The van der Waals surface area contributed by atoms with Gasteiger partial charge in [-0.1, -0.05) is 49.2 Å². The van der Waals surface area contributed by atoms with Crippen LogP contribution in [0.2, 0.25) is 0 Å². The van der Waals surface area contributed by atoms with Crippen LogP contribution in [0.1, 0.15) is 57.7 Å². The van der Waals surface area contributed by atoms with E-state index in [1.807, 2.05) is 30.9 Å². The van der Waals surface area contributed by atoms with E-state index >= 15 is 0 Å². The number of carbonyl (C=O) groups is 1. The lowest BCUT2D eigenvalue weighted by molar-refractivity contribution is -0.127. The van der Waals surface area contributed by atoms with Crippen molar-refractivity contribution in [1.82, 2.24) is 14.9 Å². The molecule has 1 aliphatic rings. The molecule has 1 fully saturated rings. The Morgan fingerprint density at radius 1 is 1.12 bits per heavy atom. The number of fused-ring (bicyclic) bond motifs is 1. The standard InChI is InChI=1S/C20H27N3OS/c1-3-23(4-2)18(24)14-25-20-16-12-8-9-13-17(16)21-19(22-20)15-10-6-5-7-11-15/h8-9,12-13,15H,3-7,10-11,14H2,1-2H3. The maximum absolute atomic E-state index is 12.4. The fourth-order valence-electron chi connectivity index (χ4n) is 3.52. The summed E-state index contributed by atoms with van der Waals surface area (Å²) in [6.45, 7) is 5.56. The molecule has 134 valence electrons. The predicted octanol–water partition coefficient (Wildman–Crippen LogP) is 4.64. The molecule has 1 aromatic heterocycles. The Balaban J connectivity index is 1.86. The van der Waals surface area contributed by atoms with E-state index in [0.29, 0.717) is 11.7 Å². The summed E-state index contributed by atoms with van der Waals surface area (Å²) in [6.07, 6.45) is 6.22. The average Bonchev–Trinajstić information content (AvgIpc) is 2.67. The first-order valence-corrected chi connectivity index (χ1v) is 10.4. The van der Waals surface area contributed by atoms with Crippen LogP contribution in [0, 0.1) is 0 Å². The summed E-state index contributed by atoms with van der Waals surface area (Å²) in [5.74, 6) is 2.05. The maximum Gasteiger partial charge on any atom is 0.232 e. The summed E-state index contributed by atoms with van der Waals surface area (Å²) in [7, 11) is 0. The fraction of sp³-hybridized carbons (Fsp3) is 0.550. The number of thioether (sulfide) groups is 1. The second-order valence-corrected chi connectivity index (χ2v) is 7.56. The molecule has 1 heterocycles. The number of amides is 1. The molecule has 3 rings (SSSR count). The van der Waals surface area contributed by atoms with E-state index in [0.717, 1.165) is 34.8 Å². The van der Waals surface area contributed by atoms with Crippen molar-refractivity contribution in [3.8, 4) is 0 Å². The van der Waals surface area contributed by atoms with Crippen molar-refractivity contribution >= 4 is 28.6 Å². The Bertz CT molecular complexity index is 724. The van der Waals surface area contributed by atoms with Crippen molar-refractivity contribution in [3.63, 3.8) is 0 Å². The van der Waals surface area contributed by atoms with Gasteiger partial charge in [0.1, 0.15) is 10.9 Å². The molecule has 0 aliphatic heterocycles. The van der Waals surface area contributed by atoms with Crippen molar-refractivity contribution in [3.05, 3.63) is 30.1 Å². The van der Waals surface area contributed by atoms with Gasteiger partial charge in [0.05, 0.1) is 11.3 Å². The fourth-order valence-corrected chi connectivity index (χ4v) is 4.44. The average molecular weight is 358 g/mol. The van der Waals surface area contributed by atoms with Crippen molar-refractivity contribution in [1.29, 1.82) is 0 Å². The Hall–Kier alpha value is -1.62. The van der Waals surface area contributed by atoms with Gasteiger partial charge in [0.15, 0.2) is 0 Å². The van der Waals surface area contributed by atoms with Crippen LogP contribution >= 0.6 is 11.8 Å². The second-order valence-electron chi connectivity index (χ2n) is 6.59. The molecule has 0 radical (unpaired) electrons. The van der Waals surface area contributed by atoms with Gasteiger partial charge in [0.25, 0.3) is 0 Å². The van der Waals surface area contributed by atoms with Gasteiger partial charge in [-0.05, 0) is 32.8 Å². The van der Waals surface area contributed by atoms with Crippen molar-refractivity contribution in [2.24, 2.45) is 0 Å². The molecule has 25 heavy (non-hydrogen) atoms. The first-order chi connectivity index (χ1) is 12.2. The van der Waals surface area contributed by atoms with Gasteiger partial charge in [0, 0.05) is 24.4 Å². The summed E-state index contributed by atoms with van der Waals surface area (Å²) in [5.41, 5.74) is 0.996. The molecule has 0 saturated heterocycles. The summed E-state index contributed by atoms with van der Waals surface area (Å²) in [6, 6.07) is 8.15. The highest BCUT2D eigenvalue weighted by Gasteiger charge is 2.20. The molecule has 0 bridgehead atoms. The van der Waals surface area contributed by atoms with E-state index in [1.54, 1.807) is 11.8 Å². The van der Waals surface area contributed by atoms with Crippen molar-refractivity contribution < 1.29 is 4.79 Å². The summed E-state index contributed by atoms with van der Waals surface area (Å²) in [4.78, 5) is 24.0. The third-order valence-electron chi connectivity index (χ3n) is 5.00. The Morgan fingerprint density at radius 3 is 2.56 bits per heavy atom. The topological polar surface area (TPSA) is 46.1 Å². The van der Waals surface area contributed by atoms with Crippen molar-refractivity contribution in [2.45, 2.75) is 56.9 Å². The van der Waals surface area contributed by atoms with E-state index in [-0.39, 0.29) is 5.91 Å². The minimum Gasteiger partial charge on any atom is -0.343 e. The normalized spacial score (nSPS) is 15.4. The van der Waals surface area contributed by atoms with Crippen LogP contribution in [-0.4, -0.2) is 39.6 Å². The van der Waals surface area contributed by atoms with Gasteiger partial charge < -0.3 is 4.90 Å². The van der Waals surface area contributed by atoms with Crippen LogP contribution in [0.15, 0.2) is 29.3 Å². The molecule has 1 aliphatic carbocycles. The molecule has 0 atom stereocenters. The molecular formula is C20H27N3OS.